The van der Waals surface area contributed by atoms with Gasteiger partial charge in [-0.3, -0.25) is 4.79 Å². The zero-order chi connectivity index (χ0) is 16.7. The Morgan fingerprint density at radius 3 is 2.57 bits per heavy atom. The van der Waals surface area contributed by atoms with E-state index in [0.717, 1.165) is 42.7 Å². The van der Waals surface area contributed by atoms with Crippen LogP contribution < -0.4 is 0 Å². The first-order chi connectivity index (χ1) is 11.1. The maximum absolute atomic E-state index is 11.3. The van der Waals surface area contributed by atoms with Crippen molar-refractivity contribution in [2.75, 3.05) is 6.61 Å². The van der Waals surface area contributed by atoms with Crippen LogP contribution in [0.2, 0.25) is 0 Å². The van der Waals surface area contributed by atoms with Crippen LogP contribution in [0.25, 0.3) is 11.5 Å². The second-order valence-electron chi connectivity index (χ2n) is 5.75. The molecule has 0 unspecified atom stereocenters. The van der Waals surface area contributed by atoms with Gasteiger partial charge >= 0.3 is 5.97 Å². The maximum atomic E-state index is 11.3. The number of hydrogen-bond acceptors (Lipinski definition) is 4. The van der Waals surface area contributed by atoms with Crippen LogP contribution in [0, 0.1) is 13.8 Å². The molecule has 0 spiro atoms. The fourth-order valence-corrected chi connectivity index (χ4v) is 2.45. The van der Waals surface area contributed by atoms with E-state index in [9.17, 15) is 4.79 Å². The molecule has 4 nitrogen and oxygen atoms in total. The molecule has 0 aliphatic rings. The molecule has 1 aromatic carbocycles. The van der Waals surface area contributed by atoms with Crippen LogP contribution >= 0.6 is 0 Å². The largest absolute Gasteiger partial charge is 0.466 e. The number of aryl methyl sites for hydroxylation is 3. The average Bonchev–Trinajstić information content (AvgIpc) is 2.89. The third-order valence-corrected chi connectivity index (χ3v) is 3.79. The van der Waals surface area contributed by atoms with E-state index in [4.69, 9.17) is 9.15 Å². The van der Waals surface area contributed by atoms with Crippen molar-refractivity contribution in [3.63, 3.8) is 0 Å². The molecule has 0 atom stereocenters. The summed E-state index contributed by atoms with van der Waals surface area (Å²) in [5.41, 5.74) is 3.24. The Labute approximate surface area is 137 Å². The van der Waals surface area contributed by atoms with Crippen molar-refractivity contribution in [3.05, 3.63) is 41.3 Å². The monoisotopic (exact) mass is 315 g/mol. The molecule has 124 valence electrons. The molecule has 2 rings (SSSR count). The topological polar surface area (TPSA) is 52.3 Å². The quantitative estimate of drug-likeness (QED) is 0.526. The van der Waals surface area contributed by atoms with Crippen LogP contribution in [0.15, 0.2) is 28.7 Å². The minimum atomic E-state index is -0.105. The van der Waals surface area contributed by atoms with Gasteiger partial charge in [-0.15, -0.1) is 0 Å². The van der Waals surface area contributed by atoms with Crippen LogP contribution in [0.1, 0.15) is 49.6 Å². The van der Waals surface area contributed by atoms with Crippen LogP contribution in [-0.2, 0) is 16.0 Å². The Hall–Kier alpha value is -2.10. The molecule has 0 fully saturated rings. The van der Waals surface area contributed by atoms with Gasteiger partial charge in [-0.2, -0.15) is 0 Å². The fourth-order valence-electron chi connectivity index (χ4n) is 2.45. The third kappa shape index (κ3) is 5.23. The molecule has 0 saturated heterocycles. The molecular weight excluding hydrogens is 290 g/mol. The number of hydrogen-bond donors (Lipinski definition) is 0. The lowest BCUT2D eigenvalue weighted by Crippen LogP contribution is -2.03. The lowest BCUT2D eigenvalue weighted by Gasteiger charge is -2.01. The molecule has 23 heavy (non-hydrogen) atoms. The predicted molar refractivity (Wildman–Crippen MR) is 90.2 cm³/mol. The molecule has 0 radical (unpaired) electrons. The van der Waals surface area contributed by atoms with E-state index in [2.05, 4.69) is 24.0 Å². The van der Waals surface area contributed by atoms with Gasteiger partial charge in [0.15, 0.2) is 0 Å². The SMILES string of the molecule is CCOC(=O)CCCCCc1nc(-c2ccc(C)cc2)oc1C. The Morgan fingerprint density at radius 2 is 1.87 bits per heavy atom. The number of rotatable bonds is 8. The first-order valence-electron chi connectivity index (χ1n) is 8.29. The molecule has 0 amide bonds. The Balaban J connectivity index is 1.82. The summed E-state index contributed by atoms with van der Waals surface area (Å²) in [6.45, 7) is 6.31. The van der Waals surface area contributed by atoms with Crippen LogP contribution in [0.5, 0.6) is 0 Å². The number of carbonyl (C=O) groups is 1. The van der Waals surface area contributed by atoms with E-state index in [1.165, 1.54) is 5.56 Å². The summed E-state index contributed by atoms with van der Waals surface area (Å²) in [6, 6.07) is 8.18. The number of unbranched alkanes of at least 4 members (excludes halogenated alkanes) is 2. The van der Waals surface area contributed by atoms with Crippen molar-refractivity contribution in [2.45, 2.75) is 52.9 Å². The molecule has 0 N–H and O–H groups in total. The van der Waals surface area contributed by atoms with E-state index in [1.807, 2.05) is 26.0 Å². The molecule has 1 aromatic heterocycles. The van der Waals surface area contributed by atoms with Crippen molar-refractivity contribution in [1.29, 1.82) is 0 Å². The number of aromatic nitrogens is 1. The summed E-state index contributed by atoms with van der Waals surface area (Å²) >= 11 is 0. The number of oxazole rings is 1. The van der Waals surface area contributed by atoms with E-state index in [0.29, 0.717) is 18.9 Å². The van der Waals surface area contributed by atoms with Gasteiger partial charge in [-0.1, -0.05) is 24.1 Å². The highest BCUT2D eigenvalue weighted by Crippen LogP contribution is 2.23. The van der Waals surface area contributed by atoms with Crippen LogP contribution in [0.4, 0.5) is 0 Å². The highest BCUT2D eigenvalue weighted by Gasteiger charge is 2.11. The highest BCUT2D eigenvalue weighted by atomic mass is 16.5. The molecule has 0 aliphatic carbocycles. The third-order valence-electron chi connectivity index (χ3n) is 3.79. The summed E-state index contributed by atoms with van der Waals surface area (Å²) in [7, 11) is 0. The first-order valence-corrected chi connectivity index (χ1v) is 8.29. The fraction of sp³-hybridized carbons (Fsp3) is 0.474. The lowest BCUT2D eigenvalue weighted by atomic mass is 10.1. The minimum absolute atomic E-state index is 0.105. The molecule has 1 heterocycles. The second-order valence-corrected chi connectivity index (χ2v) is 5.75. The molecular formula is C19H25NO3. The Morgan fingerprint density at radius 1 is 1.13 bits per heavy atom. The summed E-state index contributed by atoms with van der Waals surface area (Å²) in [5.74, 6) is 1.46. The molecule has 4 heteroatoms. The number of nitrogens with zero attached hydrogens (tertiary/aromatic N) is 1. The first kappa shape index (κ1) is 17.3. The van der Waals surface area contributed by atoms with Crippen molar-refractivity contribution in [2.24, 2.45) is 0 Å². The van der Waals surface area contributed by atoms with Crippen molar-refractivity contribution >= 4 is 5.97 Å². The minimum Gasteiger partial charge on any atom is -0.466 e. The van der Waals surface area contributed by atoms with E-state index in [1.54, 1.807) is 0 Å². The van der Waals surface area contributed by atoms with Gasteiger partial charge in [0.2, 0.25) is 5.89 Å². The molecule has 0 saturated carbocycles. The smallest absolute Gasteiger partial charge is 0.305 e. The highest BCUT2D eigenvalue weighted by molar-refractivity contribution is 5.69. The van der Waals surface area contributed by atoms with E-state index < -0.39 is 0 Å². The van der Waals surface area contributed by atoms with Crippen molar-refractivity contribution in [1.82, 2.24) is 4.98 Å². The normalized spacial score (nSPS) is 10.7. The number of ether oxygens (including phenoxy) is 1. The van der Waals surface area contributed by atoms with Gasteiger partial charge in [0, 0.05) is 12.0 Å². The van der Waals surface area contributed by atoms with Crippen molar-refractivity contribution < 1.29 is 13.9 Å². The van der Waals surface area contributed by atoms with Gasteiger partial charge in [0.25, 0.3) is 0 Å². The maximum Gasteiger partial charge on any atom is 0.305 e. The summed E-state index contributed by atoms with van der Waals surface area (Å²) < 4.78 is 10.7. The standard InChI is InChI=1S/C19H25NO3/c1-4-22-18(21)9-7-5-6-8-17-15(3)23-19(20-17)16-12-10-14(2)11-13-16/h10-13H,4-9H2,1-3H3. The lowest BCUT2D eigenvalue weighted by molar-refractivity contribution is -0.143. The Bertz CT molecular complexity index is 629. The van der Waals surface area contributed by atoms with Gasteiger partial charge in [-0.05, 0) is 52.2 Å². The summed E-state index contributed by atoms with van der Waals surface area (Å²) in [5, 5.41) is 0. The predicted octanol–water partition coefficient (Wildman–Crippen LogP) is 4.62. The van der Waals surface area contributed by atoms with Gasteiger partial charge in [0.1, 0.15) is 5.76 Å². The zero-order valence-corrected chi connectivity index (χ0v) is 14.2. The molecule has 2 aromatic rings. The zero-order valence-electron chi connectivity index (χ0n) is 14.2. The van der Waals surface area contributed by atoms with Crippen molar-refractivity contribution in [3.8, 4) is 11.5 Å². The van der Waals surface area contributed by atoms with Gasteiger partial charge in [0.05, 0.1) is 12.3 Å². The van der Waals surface area contributed by atoms with Crippen LogP contribution in [-0.4, -0.2) is 17.6 Å². The summed E-state index contributed by atoms with van der Waals surface area (Å²) in [6.07, 6.45) is 4.23. The average molecular weight is 315 g/mol. The van der Waals surface area contributed by atoms with E-state index >= 15 is 0 Å². The number of benzene rings is 1. The summed E-state index contributed by atoms with van der Waals surface area (Å²) in [4.78, 5) is 15.9. The second kappa shape index (κ2) is 8.51. The Kier molecular flexibility index (Phi) is 6.39. The number of carbonyl (C=O) groups excluding carboxylic acids is 1. The van der Waals surface area contributed by atoms with E-state index in [-0.39, 0.29) is 5.97 Å². The van der Waals surface area contributed by atoms with Crippen LogP contribution in [0.3, 0.4) is 0 Å². The van der Waals surface area contributed by atoms with Gasteiger partial charge in [-0.25, -0.2) is 4.98 Å². The number of esters is 1. The molecule has 0 aliphatic heterocycles. The van der Waals surface area contributed by atoms with Gasteiger partial charge < -0.3 is 9.15 Å². The molecule has 0 bridgehead atoms.